The zero-order valence-corrected chi connectivity index (χ0v) is 9.54. The van der Waals surface area contributed by atoms with Gasteiger partial charge in [-0.1, -0.05) is 6.92 Å². The van der Waals surface area contributed by atoms with Crippen LogP contribution in [0.1, 0.15) is 13.3 Å². The minimum atomic E-state index is -2.85. The smallest absolute Gasteiger partial charge is 0.148 e. The molecule has 0 rings (SSSR count). The van der Waals surface area contributed by atoms with Crippen molar-refractivity contribution in [1.29, 1.82) is 5.41 Å². The van der Waals surface area contributed by atoms with E-state index < -0.39 is 9.84 Å². The summed E-state index contributed by atoms with van der Waals surface area (Å²) in [5.41, 5.74) is 5.20. The summed E-state index contributed by atoms with van der Waals surface area (Å²) in [4.78, 5) is 0. The topological polar surface area (TPSA) is 84.0 Å². The Bertz CT molecular complexity index is 262. The van der Waals surface area contributed by atoms with Crippen LogP contribution < -0.4 is 5.73 Å². The van der Waals surface area contributed by atoms with Gasteiger partial charge in [0, 0.05) is 23.7 Å². The van der Waals surface area contributed by atoms with Crippen LogP contribution >= 0.6 is 11.8 Å². The highest BCUT2D eigenvalue weighted by Crippen LogP contribution is 2.13. The summed E-state index contributed by atoms with van der Waals surface area (Å²) >= 11 is 1.53. The van der Waals surface area contributed by atoms with Crippen molar-refractivity contribution in [3.05, 3.63) is 0 Å². The second-order valence-electron chi connectivity index (χ2n) is 3.04. The number of nitrogens with two attached hydrogens (primary N) is 1. The fraction of sp³-hybridized carbons (Fsp3) is 0.857. The predicted molar refractivity (Wildman–Crippen MR) is 58.2 cm³/mol. The van der Waals surface area contributed by atoms with E-state index in [1.807, 2.05) is 6.92 Å². The minimum Gasteiger partial charge on any atom is -0.388 e. The van der Waals surface area contributed by atoms with Crippen molar-refractivity contribution in [3.8, 4) is 0 Å². The van der Waals surface area contributed by atoms with Crippen LogP contribution in [-0.4, -0.2) is 37.3 Å². The van der Waals surface area contributed by atoms with E-state index >= 15 is 0 Å². The van der Waals surface area contributed by atoms with Gasteiger partial charge in [0.15, 0.2) is 0 Å². The van der Waals surface area contributed by atoms with Gasteiger partial charge in [0.2, 0.25) is 0 Å². The lowest BCUT2D eigenvalue weighted by Gasteiger charge is -2.08. The number of hydrogen-bond acceptors (Lipinski definition) is 4. The van der Waals surface area contributed by atoms with Crippen LogP contribution in [0.3, 0.4) is 0 Å². The number of thioether (sulfide) groups is 1. The van der Waals surface area contributed by atoms with Gasteiger partial charge < -0.3 is 5.73 Å². The van der Waals surface area contributed by atoms with E-state index in [-0.39, 0.29) is 16.8 Å². The second kappa shape index (κ2) is 5.49. The highest BCUT2D eigenvalue weighted by Gasteiger charge is 2.07. The van der Waals surface area contributed by atoms with E-state index in [4.69, 9.17) is 11.1 Å². The lowest BCUT2D eigenvalue weighted by molar-refractivity contribution is 0.603. The molecule has 6 heteroatoms. The molecule has 0 saturated heterocycles. The zero-order valence-electron chi connectivity index (χ0n) is 7.91. The average Bonchev–Trinajstić information content (AvgIpc) is 1.81. The summed E-state index contributed by atoms with van der Waals surface area (Å²) in [6.45, 7) is 1.94. The molecule has 78 valence electrons. The summed E-state index contributed by atoms with van der Waals surface area (Å²) in [6, 6.07) is 0. The molecule has 0 fully saturated rings. The van der Waals surface area contributed by atoms with Gasteiger partial charge in [-0.15, -0.1) is 0 Å². The van der Waals surface area contributed by atoms with Gasteiger partial charge in [0.1, 0.15) is 9.84 Å². The van der Waals surface area contributed by atoms with Crippen LogP contribution in [-0.2, 0) is 9.84 Å². The maximum Gasteiger partial charge on any atom is 0.148 e. The standard InChI is InChI=1S/C7H16N2O2S2/c1-6(5-7(8)9)12-3-4-13(2,10)11/h6H,3-5H2,1-2H3,(H3,8,9). The number of sulfone groups is 1. The zero-order chi connectivity index (χ0) is 10.5. The molecule has 0 aliphatic rings. The molecule has 0 aromatic carbocycles. The van der Waals surface area contributed by atoms with Crippen LogP contribution in [0.4, 0.5) is 0 Å². The summed E-state index contributed by atoms with van der Waals surface area (Å²) in [5.74, 6) is 0.923. The monoisotopic (exact) mass is 224 g/mol. The first-order chi connectivity index (χ1) is 5.81. The second-order valence-corrected chi connectivity index (χ2v) is 6.85. The number of hydrogen-bond donors (Lipinski definition) is 2. The van der Waals surface area contributed by atoms with Gasteiger partial charge >= 0.3 is 0 Å². The summed E-state index contributed by atoms with van der Waals surface area (Å²) in [5, 5.41) is 7.25. The van der Waals surface area contributed by atoms with Crippen molar-refractivity contribution < 1.29 is 8.42 Å². The first kappa shape index (κ1) is 12.8. The fourth-order valence-corrected chi connectivity index (χ4v) is 3.06. The molecule has 0 aliphatic heterocycles. The summed E-state index contributed by atoms with van der Waals surface area (Å²) < 4.78 is 21.5. The van der Waals surface area contributed by atoms with Gasteiger partial charge in [-0.2, -0.15) is 11.8 Å². The van der Waals surface area contributed by atoms with Gasteiger partial charge in [-0.25, -0.2) is 8.42 Å². The first-order valence-electron chi connectivity index (χ1n) is 3.93. The van der Waals surface area contributed by atoms with Crippen LogP contribution in [0.15, 0.2) is 0 Å². The Morgan fingerprint density at radius 2 is 2.15 bits per heavy atom. The Morgan fingerprint density at radius 1 is 1.62 bits per heavy atom. The van der Waals surface area contributed by atoms with Crippen LogP contribution in [0, 0.1) is 5.41 Å². The molecule has 3 N–H and O–H groups in total. The molecule has 0 aromatic rings. The third kappa shape index (κ3) is 9.69. The Labute approximate surface area is 83.7 Å². The fourth-order valence-electron chi connectivity index (χ4n) is 0.769. The van der Waals surface area contributed by atoms with E-state index in [1.54, 1.807) is 0 Å². The van der Waals surface area contributed by atoms with Crippen molar-refractivity contribution in [2.75, 3.05) is 17.8 Å². The molecule has 0 spiro atoms. The molecule has 0 radical (unpaired) electrons. The predicted octanol–water partition coefficient (Wildman–Crippen LogP) is 0.479. The van der Waals surface area contributed by atoms with E-state index in [0.29, 0.717) is 12.2 Å². The summed E-state index contributed by atoms with van der Waals surface area (Å²) in [7, 11) is -2.85. The van der Waals surface area contributed by atoms with Crippen LogP contribution in [0.2, 0.25) is 0 Å². The van der Waals surface area contributed by atoms with Gasteiger partial charge in [-0.05, 0) is 0 Å². The molecule has 0 aromatic heterocycles. The number of amidine groups is 1. The molecule has 1 atom stereocenters. The van der Waals surface area contributed by atoms with Gasteiger partial charge in [0.05, 0.1) is 11.6 Å². The molecule has 0 saturated carbocycles. The third-order valence-electron chi connectivity index (χ3n) is 1.36. The SMILES string of the molecule is CC(CC(=N)N)SCCS(C)(=O)=O. The molecule has 0 amide bonds. The molecular formula is C7H16N2O2S2. The maximum atomic E-state index is 10.8. The van der Waals surface area contributed by atoms with Crippen LogP contribution in [0.5, 0.6) is 0 Å². The summed E-state index contributed by atoms with van der Waals surface area (Å²) in [6.07, 6.45) is 1.75. The third-order valence-corrected chi connectivity index (χ3v) is 3.74. The van der Waals surface area contributed by atoms with Gasteiger partial charge in [-0.3, -0.25) is 5.41 Å². The molecular weight excluding hydrogens is 208 g/mol. The Kier molecular flexibility index (Phi) is 5.39. The highest BCUT2D eigenvalue weighted by atomic mass is 32.2. The highest BCUT2D eigenvalue weighted by molar-refractivity contribution is 8.01. The van der Waals surface area contributed by atoms with Gasteiger partial charge in [0.25, 0.3) is 0 Å². The van der Waals surface area contributed by atoms with Crippen molar-refractivity contribution >= 4 is 27.4 Å². The Hall–Kier alpha value is -0.230. The average molecular weight is 224 g/mol. The van der Waals surface area contributed by atoms with Crippen molar-refractivity contribution in [3.63, 3.8) is 0 Å². The quantitative estimate of drug-likeness (QED) is 0.507. The van der Waals surface area contributed by atoms with Crippen molar-refractivity contribution in [1.82, 2.24) is 0 Å². The largest absolute Gasteiger partial charge is 0.388 e. The van der Waals surface area contributed by atoms with Crippen LogP contribution in [0.25, 0.3) is 0 Å². The van der Waals surface area contributed by atoms with E-state index in [1.165, 1.54) is 18.0 Å². The number of rotatable bonds is 6. The molecule has 0 aliphatic carbocycles. The molecule has 1 unspecified atom stereocenters. The van der Waals surface area contributed by atoms with Crippen molar-refractivity contribution in [2.45, 2.75) is 18.6 Å². The molecule has 0 bridgehead atoms. The molecule has 4 nitrogen and oxygen atoms in total. The first-order valence-corrected chi connectivity index (χ1v) is 7.04. The lowest BCUT2D eigenvalue weighted by atomic mass is 10.3. The molecule has 0 heterocycles. The van der Waals surface area contributed by atoms with E-state index in [0.717, 1.165) is 0 Å². The van der Waals surface area contributed by atoms with E-state index in [9.17, 15) is 8.42 Å². The Morgan fingerprint density at radius 3 is 2.54 bits per heavy atom. The maximum absolute atomic E-state index is 10.8. The number of nitrogens with one attached hydrogen (secondary N) is 1. The Balaban J connectivity index is 3.60. The van der Waals surface area contributed by atoms with Crippen molar-refractivity contribution in [2.24, 2.45) is 5.73 Å². The van der Waals surface area contributed by atoms with E-state index in [2.05, 4.69) is 0 Å². The normalized spacial score (nSPS) is 14.0. The minimum absolute atomic E-state index is 0.152. The molecule has 13 heavy (non-hydrogen) atoms. The lowest BCUT2D eigenvalue weighted by Crippen LogP contribution is -2.16.